The first-order valence-electron chi connectivity index (χ1n) is 10.3. The van der Waals surface area contributed by atoms with Crippen molar-refractivity contribution < 1.29 is 4.79 Å². The van der Waals surface area contributed by atoms with Gasteiger partial charge >= 0.3 is 0 Å². The predicted molar refractivity (Wildman–Crippen MR) is 114 cm³/mol. The Balaban J connectivity index is 1.42. The number of allylic oxidation sites excluding steroid dienone is 1. The molecule has 0 saturated carbocycles. The van der Waals surface area contributed by atoms with Gasteiger partial charge in [-0.25, -0.2) is 4.98 Å². The molecule has 4 heteroatoms. The van der Waals surface area contributed by atoms with E-state index in [1.54, 1.807) is 0 Å². The zero-order valence-corrected chi connectivity index (χ0v) is 16.2. The van der Waals surface area contributed by atoms with Gasteiger partial charge in [0.1, 0.15) is 5.82 Å². The predicted octanol–water partition coefficient (Wildman–Crippen LogP) is 4.96. The molecular weight excluding hydrogens is 346 g/mol. The maximum absolute atomic E-state index is 12.4. The van der Waals surface area contributed by atoms with E-state index in [9.17, 15) is 4.79 Å². The summed E-state index contributed by atoms with van der Waals surface area (Å²) in [5, 5.41) is 3.08. The van der Waals surface area contributed by atoms with E-state index in [0.29, 0.717) is 12.8 Å². The van der Waals surface area contributed by atoms with Gasteiger partial charge in [0, 0.05) is 25.1 Å². The molecule has 1 heterocycles. The Morgan fingerprint density at radius 1 is 1.00 bits per heavy atom. The van der Waals surface area contributed by atoms with Crippen molar-refractivity contribution in [3.63, 3.8) is 0 Å². The number of hydrogen-bond acceptors (Lipinski definition) is 2. The van der Waals surface area contributed by atoms with Gasteiger partial charge < -0.3 is 5.32 Å². The van der Waals surface area contributed by atoms with E-state index >= 15 is 0 Å². The van der Waals surface area contributed by atoms with Crippen LogP contribution in [0.1, 0.15) is 44.3 Å². The second-order valence-electron chi connectivity index (χ2n) is 7.40. The Kier molecular flexibility index (Phi) is 5.86. The van der Waals surface area contributed by atoms with Gasteiger partial charge in [-0.05, 0) is 56.4 Å². The third-order valence-electron chi connectivity index (χ3n) is 5.37. The minimum absolute atomic E-state index is 0.100. The first kappa shape index (κ1) is 18.5. The summed E-state index contributed by atoms with van der Waals surface area (Å²) in [4.78, 5) is 17.1. The van der Waals surface area contributed by atoms with Crippen molar-refractivity contribution in [3.8, 4) is 5.69 Å². The Morgan fingerprint density at radius 3 is 2.64 bits per heavy atom. The molecule has 0 radical (unpaired) electrons. The number of carbonyl (C=O) groups is 1. The van der Waals surface area contributed by atoms with Crippen LogP contribution in [0.25, 0.3) is 16.7 Å². The summed E-state index contributed by atoms with van der Waals surface area (Å²) < 4.78 is 2.16. The molecule has 1 aliphatic carbocycles. The smallest absolute Gasteiger partial charge is 0.220 e. The normalized spacial score (nSPS) is 14.1. The van der Waals surface area contributed by atoms with Crippen LogP contribution in [-0.4, -0.2) is 22.0 Å². The number of aromatic nitrogens is 2. The van der Waals surface area contributed by atoms with Crippen LogP contribution in [-0.2, 0) is 11.2 Å². The third-order valence-corrected chi connectivity index (χ3v) is 5.37. The Bertz CT molecular complexity index is 972. The summed E-state index contributed by atoms with van der Waals surface area (Å²) in [5.41, 5.74) is 4.62. The van der Waals surface area contributed by atoms with Crippen molar-refractivity contribution in [1.82, 2.24) is 14.9 Å². The number of nitrogens with one attached hydrogen (secondary N) is 1. The van der Waals surface area contributed by atoms with E-state index in [-0.39, 0.29) is 5.91 Å². The van der Waals surface area contributed by atoms with Gasteiger partial charge in [0.15, 0.2) is 0 Å². The molecule has 4 rings (SSSR count). The molecule has 2 aromatic carbocycles. The van der Waals surface area contributed by atoms with E-state index in [1.807, 2.05) is 36.4 Å². The second-order valence-corrected chi connectivity index (χ2v) is 7.40. The molecule has 0 bridgehead atoms. The van der Waals surface area contributed by atoms with Crippen LogP contribution >= 0.6 is 0 Å². The molecule has 0 saturated heterocycles. The molecule has 0 atom stereocenters. The Morgan fingerprint density at radius 2 is 1.82 bits per heavy atom. The van der Waals surface area contributed by atoms with Crippen LogP contribution in [0.5, 0.6) is 0 Å². The number of hydrogen-bond donors (Lipinski definition) is 1. The number of rotatable bonds is 7. The van der Waals surface area contributed by atoms with Gasteiger partial charge in [-0.2, -0.15) is 0 Å². The lowest BCUT2D eigenvalue weighted by atomic mass is 9.97. The van der Waals surface area contributed by atoms with Gasteiger partial charge in [0.2, 0.25) is 5.91 Å². The minimum Gasteiger partial charge on any atom is -0.356 e. The monoisotopic (exact) mass is 373 g/mol. The maximum atomic E-state index is 12.4. The molecular formula is C24H27N3O. The summed E-state index contributed by atoms with van der Waals surface area (Å²) in [7, 11) is 0. The van der Waals surface area contributed by atoms with Gasteiger partial charge in [0.25, 0.3) is 0 Å². The number of carbonyl (C=O) groups excluding carboxylic acids is 1. The molecule has 0 spiro atoms. The van der Waals surface area contributed by atoms with E-state index in [4.69, 9.17) is 4.98 Å². The minimum atomic E-state index is 0.100. The highest BCUT2D eigenvalue weighted by atomic mass is 16.1. The van der Waals surface area contributed by atoms with Crippen LogP contribution in [0.15, 0.2) is 66.2 Å². The van der Waals surface area contributed by atoms with E-state index < -0.39 is 0 Å². The van der Waals surface area contributed by atoms with Crippen molar-refractivity contribution in [2.24, 2.45) is 0 Å². The lowest BCUT2D eigenvalue weighted by molar-refractivity contribution is -0.121. The van der Waals surface area contributed by atoms with Crippen molar-refractivity contribution >= 4 is 16.9 Å². The molecule has 144 valence electrons. The molecule has 0 aliphatic heterocycles. The van der Waals surface area contributed by atoms with Crippen molar-refractivity contribution in [2.75, 3.05) is 6.54 Å². The molecule has 28 heavy (non-hydrogen) atoms. The highest BCUT2D eigenvalue weighted by Gasteiger charge is 2.13. The summed E-state index contributed by atoms with van der Waals surface area (Å²) >= 11 is 0. The average Bonchev–Trinajstić information content (AvgIpc) is 3.12. The van der Waals surface area contributed by atoms with Crippen molar-refractivity contribution in [1.29, 1.82) is 0 Å². The first-order valence-corrected chi connectivity index (χ1v) is 10.3. The number of benzene rings is 2. The van der Waals surface area contributed by atoms with Gasteiger partial charge in [-0.3, -0.25) is 9.36 Å². The maximum Gasteiger partial charge on any atom is 0.220 e. The zero-order chi connectivity index (χ0) is 19.2. The van der Waals surface area contributed by atoms with Crippen molar-refractivity contribution in [3.05, 3.63) is 72.1 Å². The topological polar surface area (TPSA) is 46.9 Å². The fourth-order valence-electron chi connectivity index (χ4n) is 3.92. The number of amides is 1. The summed E-state index contributed by atoms with van der Waals surface area (Å²) in [6, 6.07) is 18.4. The van der Waals surface area contributed by atoms with Crippen LogP contribution in [0.4, 0.5) is 0 Å². The number of fused-ring (bicyclic) bond motifs is 1. The second kappa shape index (κ2) is 8.87. The zero-order valence-electron chi connectivity index (χ0n) is 16.2. The van der Waals surface area contributed by atoms with Gasteiger partial charge in [0.05, 0.1) is 11.0 Å². The Labute approximate surface area is 166 Å². The average molecular weight is 374 g/mol. The first-order chi connectivity index (χ1) is 13.8. The SMILES string of the molecule is O=C(CCc1nc2ccccc2n1-c1ccccc1)NCCC1=CCCCC1. The molecule has 1 aliphatic rings. The molecule has 0 unspecified atom stereocenters. The fraction of sp³-hybridized carbons (Fsp3) is 0.333. The number of imidazole rings is 1. The molecule has 1 N–H and O–H groups in total. The lowest BCUT2D eigenvalue weighted by Gasteiger charge is -2.13. The largest absolute Gasteiger partial charge is 0.356 e. The summed E-state index contributed by atoms with van der Waals surface area (Å²) in [5.74, 6) is 1.03. The highest BCUT2D eigenvalue weighted by molar-refractivity contribution is 5.79. The Hall–Kier alpha value is -2.88. The molecule has 1 aromatic heterocycles. The van der Waals surface area contributed by atoms with Crippen LogP contribution in [0, 0.1) is 0 Å². The number of nitrogens with zero attached hydrogens (tertiary/aromatic N) is 2. The fourth-order valence-corrected chi connectivity index (χ4v) is 3.92. The summed E-state index contributed by atoms with van der Waals surface area (Å²) in [6.45, 7) is 0.736. The standard InChI is InChI=1S/C24H27N3O/c28-24(25-18-17-19-9-3-1-4-10-19)16-15-23-26-21-13-7-8-14-22(21)27(23)20-11-5-2-6-12-20/h2,5-9,11-14H,1,3-4,10,15-18H2,(H,25,28). The van der Waals surface area contributed by atoms with Gasteiger partial charge in [-0.1, -0.05) is 42.0 Å². The van der Waals surface area contributed by atoms with E-state index in [1.165, 1.54) is 31.3 Å². The quantitative estimate of drug-likeness (QED) is 0.595. The lowest BCUT2D eigenvalue weighted by Crippen LogP contribution is -2.25. The molecule has 3 aromatic rings. The number of para-hydroxylation sites is 3. The molecule has 1 amide bonds. The third kappa shape index (κ3) is 4.33. The molecule has 0 fully saturated rings. The van der Waals surface area contributed by atoms with Crippen LogP contribution < -0.4 is 5.32 Å². The van der Waals surface area contributed by atoms with Gasteiger partial charge in [-0.15, -0.1) is 0 Å². The molecule has 4 nitrogen and oxygen atoms in total. The van der Waals surface area contributed by atoms with Crippen LogP contribution in [0.3, 0.4) is 0 Å². The highest BCUT2D eigenvalue weighted by Crippen LogP contribution is 2.22. The summed E-state index contributed by atoms with van der Waals surface area (Å²) in [6.07, 6.45) is 9.38. The van der Waals surface area contributed by atoms with Crippen molar-refractivity contribution in [2.45, 2.75) is 44.9 Å². The number of aryl methyl sites for hydroxylation is 1. The van der Waals surface area contributed by atoms with E-state index in [0.717, 1.165) is 35.5 Å². The van der Waals surface area contributed by atoms with Crippen LogP contribution in [0.2, 0.25) is 0 Å². The van der Waals surface area contributed by atoms with E-state index in [2.05, 4.69) is 34.2 Å².